The average Bonchev–Trinajstić information content (AvgIpc) is 3.32. The van der Waals surface area contributed by atoms with Crippen molar-refractivity contribution in [2.45, 2.75) is 56.8 Å². The second-order valence-corrected chi connectivity index (χ2v) is 7.67. The summed E-state index contributed by atoms with van der Waals surface area (Å²) >= 11 is 1.42. The van der Waals surface area contributed by atoms with Crippen LogP contribution >= 0.6 is 11.8 Å². The summed E-state index contributed by atoms with van der Waals surface area (Å²) < 4.78 is 15.2. The molecule has 1 aromatic heterocycles. The third-order valence-electron chi connectivity index (χ3n) is 4.20. The van der Waals surface area contributed by atoms with Crippen LogP contribution in [0, 0.1) is 5.82 Å². The number of carbonyl (C=O) groups is 1. The van der Waals surface area contributed by atoms with Crippen LogP contribution in [0.4, 0.5) is 4.39 Å². The number of hydrogen-bond acceptors (Lipinski definition) is 4. The molecule has 1 N–H and O–H groups in total. The molecular weight excluding hydrogens is 339 g/mol. The lowest BCUT2D eigenvalue weighted by Gasteiger charge is -2.14. The van der Waals surface area contributed by atoms with Crippen LogP contribution in [-0.4, -0.2) is 26.4 Å². The molecule has 1 aliphatic carbocycles. The molecule has 1 heterocycles. The number of thioether (sulfide) groups is 1. The Morgan fingerprint density at radius 3 is 2.56 bits per heavy atom. The van der Waals surface area contributed by atoms with Gasteiger partial charge in [-0.1, -0.05) is 37.7 Å². The second-order valence-electron chi connectivity index (χ2n) is 6.73. The molecule has 1 fully saturated rings. The summed E-state index contributed by atoms with van der Waals surface area (Å²) in [4.78, 5) is 12.2. The molecule has 1 amide bonds. The smallest absolute Gasteiger partial charge is 0.230 e. The highest BCUT2D eigenvalue weighted by Gasteiger charge is 2.30. The number of aromatic nitrogens is 3. The Balaban J connectivity index is 1.58. The summed E-state index contributed by atoms with van der Waals surface area (Å²) in [5, 5.41) is 12.3. The predicted octanol–water partition coefficient (Wildman–Crippen LogP) is 3.85. The van der Waals surface area contributed by atoms with Gasteiger partial charge in [-0.2, -0.15) is 0 Å². The van der Waals surface area contributed by atoms with Gasteiger partial charge >= 0.3 is 0 Å². The third-order valence-corrected chi connectivity index (χ3v) is 5.14. The van der Waals surface area contributed by atoms with Crippen molar-refractivity contribution in [1.82, 2.24) is 20.1 Å². The molecule has 0 aliphatic heterocycles. The Kier molecular flexibility index (Phi) is 5.42. The summed E-state index contributed by atoms with van der Waals surface area (Å²) in [6.45, 7) is 6.10. The standard InChI is InChI=1S/C18H23FN4OS/c1-11(2)17-21-22-18(23(17)15-8-9-15)25-10-16(24)20-12(3)13-4-6-14(19)7-5-13/h4-7,11-12,15H,8-10H2,1-3H3,(H,20,24). The lowest BCUT2D eigenvalue weighted by Crippen LogP contribution is -2.28. The molecule has 0 radical (unpaired) electrons. The van der Waals surface area contributed by atoms with Crippen LogP contribution in [0.5, 0.6) is 0 Å². The van der Waals surface area contributed by atoms with Gasteiger partial charge in [0.05, 0.1) is 11.8 Å². The van der Waals surface area contributed by atoms with Crippen molar-refractivity contribution in [2.24, 2.45) is 0 Å². The van der Waals surface area contributed by atoms with E-state index in [9.17, 15) is 9.18 Å². The van der Waals surface area contributed by atoms with Crippen LogP contribution in [0.25, 0.3) is 0 Å². The van der Waals surface area contributed by atoms with E-state index in [1.54, 1.807) is 12.1 Å². The number of amides is 1. The zero-order chi connectivity index (χ0) is 18.0. The topological polar surface area (TPSA) is 59.8 Å². The molecule has 25 heavy (non-hydrogen) atoms. The number of nitrogens with one attached hydrogen (secondary N) is 1. The molecule has 2 aromatic rings. The number of hydrogen-bond donors (Lipinski definition) is 1. The number of rotatable bonds is 7. The fraction of sp³-hybridized carbons (Fsp3) is 0.500. The molecule has 1 unspecified atom stereocenters. The van der Waals surface area contributed by atoms with Gasteiger partial charge < -0.3 is 9.88 Å². The molecule has 134 valence electrons. The minimum Gasteiger partial charge on any atom is -0.349 e. The summed E-state index contributed by atoms with van der Waals surface area (Å²) in [6, 6.07) is 6.49. The Morgan fingerprint density at radius 2 is 1.96 bits per heavy atom. The van der Waals surface area contributed by atoms with E-state index in [-0.39, 0.29) is 23.5 Å². The molecule has 3 rings (SSSR count). The van der Waals surface area contributed by atoms with Gasteiger partial charge in [0.25, 0.3) is 0 Å². The van der Waals surface area contributed by atoms with Crippen molar-refractivity contribution in [2.75, 3.05) is 5.75 Å². The van der Waals surface area contributed by atoms with Gasteiger partial charge in [0, 0.05) is 12.0 Å². The van der Waals surface area contributed by atoms with E-state index in [1.807, 2.05) is 6.92 Å². The minimum absolute atomic E-state index is 0.0710. The lowest BCUT2D eigenvalue weighted by atomic mass is 10.1. The molecule has 0 spiro atoms. The summed E-state index contributed by atoms with van der Waals surface area (Å²) in [5.41, 5.74) is 0.878. The molecule has 1 aliphatic rings. The van der Waals surface area contributed by atoms with E-state index in [0.717, 1.165) is 29.4 Å². The van der Waals surface area contributed by atoms with Crippen molar-refractivity contribution in [3.63, 3.8) is 0 Å². The first-order valence-corrected chi connectivity index (χ1v) is 9.56. The van der Waals surface area contributed by atoms with Crippen LogP contribution in [0.1, 0.15) is 63.0 Å². The van der Waals surface area contributed by atoms with E-state index in [4.69, 9.17) is 0 Å². The highest BCUT2D eigenvalue weighted by molar-refractivity contribution is 7.99. The quantitative estimate of drug-likeness (QED) is 0.760. The van der Waals surface area contributed by atoms with Gasteiger partial charge in [0.1, 0.15) is 11.6 Å². The van der Waals surface area contributed by atoms with Crippen molar-refractivity contribution >= 4 is 17.7 Å². The third kappa shape index (κ3) is 4.39. The van der Waals surface area contributed by atoms with Crippen LogP contribution < -0.4 is 5.32 Å². The van der Waals surface area contributed by atoms with Crippen molar-refractivity contribution in [3.8, 4) is 0 Å². The van der Waals surface area contributed by atoms with Crippen molar-refractivity contribution in [1.29, 1.82) is 0 Å². The van der Waals surface area contributed by atoms with Gasteiger partial charge in [-0.05, 0) is 37.5 Å². The van der Waals surface area contributed by atoms with Gasteiger partial charge in [-0.25, -0.2) is 4.39 Å². The number of halogens is 1. The van der Waals surface area contributed by atoms with Crippen molar-refractivity contribution < 1.29 is 9.18 Å². The highest BCUT2D eigenvalue weighted by Crippen LogP contribution is 2.40. The van der Waals surface area contributed by atoms with E-state index in [2.05, 4.69) is 33.9 Å². The normalized spacial score (nSPS) is 15.4. The zero-order valence-corrected chi connectivity index (χ0v) is 15.5. The molecule has 7 heteroatoms. The van der Waals surface area contributed by atoms with Crippen molar-refractivity contribution in [3.05, 3.63) is 41.5 Å². The highest BCUT2D eigenvalue weighted by atomic mass is 32.2. The Hall–Kier alpha value is -1.89. The Morgan fingerprint density at radius 1 is 1.28 bits per heavy atom. The monoisotopic (exact) mass is 362 g/mol. The maximum Gasteiger partial charge on any atom is 0.230 e. The predicted molar refractivity (Wildman–Crippen MR) is 96.1 cm³/mol. The molecule has 1 aromatic carbocycles. The lowest BCUT2D eigenvalue weighted by molar-refractivity contribution is -0.119. The van der Waals surface area contributed by atoms with Crippen LogP contribution in [-0.2, 0) is 4.79 Å². The van der Waals surface area contributed by atoms with E-state index >= 15 is 0 Å². The summed E-state index contributed by atoms with van der Waals surface area (Å²) in [7, 11) is 0. The number of nitrogens with zero attached hydrogens (tertiary/aromatic N) is 3. The largest absolute Gasteiger partial charge is 0.349 e. The maximum absolute atomic E-state index is 13.0. The van der Waals surface area contributed by atoms with E-state index < -0.39 is 0 Å². The minimum atomic E-state index is -0.279. The fourth-order valence-corrected chi connectivity index (χ4v) is 3.53. The second kappa shape index (κ2) is 7.56. The molecule has 1 saturated carbocycles. The van der Waals surface area contributed by atoms with Gasteiger partial charge in [-0.3, -0.25) is 4.79 Å². The molecule has 0 saturated heterocycles. The maximum atomic E-state index is 13.0. The first-order valence-electron chi connectivity index (χ1n) is 8.58. The Bertz CT molecular complexity index is 740. The summed E-state index contributed by atoms with van der Waals surface area (Å²) in [6.07, 6.45) is 2.30. The van der Waals surface area contributed by atoms with E-state index in [1.165, 1.54) is 23.9 Å². The molecule has 0 bridgehead atoms. The van der Waals surface area contributed by atoms with Gasteiger partial charge in [0.2, 0.25) is 5.91 Å². The zero-order valence-electron chi connectivity index (χ0n) is 14.7. The SMILES string of the molecule is CC(C)c1nnc(SCC(=O)NC(C)c2ccc(F)cc2)n1C1CC1. The number of carbonyl (C=O) groups excluding carboxylic acids is 1. The Labute approximate surface area is 151 Å². The van der Waals surface area contributed by atoms with Crippen LogP contribution in [0.15, 0.2) is 29.4 Å². The first-order chi connectivity index (χ1) is 12.0. The van der Waals surface area contributed by atoms with Crippen LogP contribution in [0.3, 0.4) is 0 Å². The summed E-state index contributed by atoms with van der Waals surface area (Å²) in [5.74, 6) is 1.24. The van der Waals surface area contributed by atoms with Crippen LogP contribution in [0.2, 0.25) is 0 Å². The fourth-order valence-electron chi connectivity index (χ4n) is 2.70. The molecule has 5 nitrogen and oxygen atoms in total. The van der Waals surface area contributed by atoms with Gasteiger partial charge in [-0.15, -0.1) is 10.2 Å². The van der Waals surface area contributed by atoms with E-state index in [0.29, 0.717) is 12.0 Å². The molecular formula is C18H23FN4OS. The number of benzene rings is 1. The average molecular weight is 362 g/mol. The van der Waals surface area contributed by atoms with Gasteiger partial charge in [0.15, 0.2) is 5.16 Å². The first kappa shape index (κ1) is 17.9. The molecule has 1 atom stereocenters.